The monoisotopic (exact) mass is 268 g/mol. The van der Waals surface area contributed by atoms with E-state index in [1.165, 1.54) is 4.31 Å². The molecule has 2 heterocycles. The molecule has 2 N–H and O–H groups in total. The summed E-state index contributed by atoms with van der Waals surface area (Å²) in [6, 6.07) is 6.34. The van der Waals surface area contributed by atoms with E-state index in [0.717, 1.165) is 12.8 Å². The summed E-state index contributed by atoms with van der Waals surface area (Å²) in [6.07, 6.45) is 2.04. The molecule has 0 spiro atoms. The molecular formula is C12H16N2O3S. The lowest BCUT2D eigenvalue weighted by atomic mass is 10.2. The number of fused-ring (bicyclic) bond motifs is 2. The molecule has 0 amide bonds. The number of anilines is 1. The van der Waals surface area contributed by atoms with Gasteiger partial charge in [0.2, 0.25) is 10.0 Å². The van der Waals surface area contributed by atoms with Gasteiger partial charge in [0.15, 0.2) is 0 Å². The van der Waals surface area contributed by atoms with Crippen molar-refractivity contribution in [3.05, 3.63) is 24.3 Å². The summed E-state index contributed by atoms with van der Waals surface area (Å²) in [5.74, 6) is 0. The van der Waals surface area contributed by atoms with Crippen LogP contribution in [0, 0.1) is 0 Å². The van der Waals surface area contributed by atoms with Crippen LogP contribution in [-0.4, -0.2) is 38.0 Å². The number of benzene rings is 1. The van der Waals surface area contributed by atoms with E-state index in [0.29, 0.717) is 23.7 Å². The molecule has 2 atom stereocenters. The van der Waals surface area contributed by atoms with Crippen LogP contribution in [-0.2, 0) is 14.8 Å². The summed E-state index contributed by atoms with van der Waals surface area (Å²) in [4.78, 5) is 0.304. The first kappa shape index (κ1) is 12.0. The van der Waals surface area contributed by atoms with Gasteiger partial charge in [-0.05, 0) is 37.1 Å². The Balaban J connectivity index is 1.88. The summed E-state index contributed by atoms with van der Waals surface area (Å²) >= 11 is 0. The van der Waals surface area contributed by atoms with Crippen LogP contribution in [0.5, 0.6) is 0 Å². The van der Waals surface area contributed by atoms with Gasteiger partial charge >= 0.3 is 0 Å². The quantitative estimate of drug-likeness (QED) is 0.806. The second-order valence-corrected chi connectivity index (χ2v) is 6.79. The third kappa shape index (κ3) is 2.00. The Bertz CT molecular complexity index is 529. The van der Waals surface area contributed by atoms with E-state index >= 15 is 0 Å². The lowest BCUT2D eigenvalue weighted by Gasteiger charge is -2.31. The molecule has 2 bridgehead atoms. The van der Waals surface area contributed by atoms with Gasteiger partial charge < -0.3 is 10.5 Å². The number of ether oxygens (including phenoxy) is 1. The van der Waals surface area contributed by atoms with Crippen LogP contribution < -0.4 is 5.73 Å². The molecule has 0 aliphatic carbocycles. The van der Waals surface area contributed by atoms with Crippen molar-refractivity contribution in [1.29, 1.82) is 0 Å². The third-order valence-corrected chi connectivity index (χ3v) is 5.37. The summed E-state index contributed by atoms with van der Waals surface area (Å²) < 4.78 is 32.1. The number of nitrogen functional groups attached to an aromatic ring is 1. The molecule has 2 fully saturated rings. The summed E-state index contributed by atoms with van der Waals surface area (Å²) in [7, 11) is -3.41. The molecule has 0 radical (unpaired) electrons. The number of nitrogens with zero attached hydrogens (tertiary/aromatic N) is 1. The number of hydrogen-bond donors (Lipinski definition) is 1. The second kappa shape index (κ2) is 4.22. The fourth-order valence-corrected chi connectivity index (χ4v) is 4.07. The lowest BCUT2D eigenvalue weighted by Crippen LogP contribution is -2.45. The van der Waals surface area contributed by atoms with Crippen molar-refractivity contribution in [2.24, 2.45) is 0 Å². The van der Waals surface area contributed by atoms with Crippen molar-refractivity contribution in [2.75, 3.05) is 18.8 Å². The zero-order valence-electron chi connectivity index (χ0n) is 9.95. The Hall–Kier alpha value is -1.11. The molecule has 2 aliphatic rings. The smallest absolute Gasteiger partial charge is 0.243 e. The van der Waals surface area contributed by atoms with E-state index in [-0.39, 0.29) is 12.2 Å². The van der Waals surface area contributed by atoms with E-state index in [1.807, 2.05) is 0 Å². The Kier molecular flexibility index (Phi) is 2.80. The van der Waals surface area contributed by atoms with Gasteiger partial charge in [-0.25, -0.2) is 8.42 Å². The maximum absolute atomic E-state index is 12.4. The molecule has 6 heteroatoms. The molecule has 1 aromatic carbocycles. The molecule has 2 saturated heterocycles. The number of nitrogens with two attached hydrogens (primary N) is 1. The molecule has 0 saturated carbocycles. The molecule has 18 heavy (non-hydrogen) atoms. The molecule has 0 aromatic heterocycles. The Morgan fingerprint density at radius 1 is 1.11 bits per heavy atom. The van der Waals surface area contributed by atoms with Crippen molar-refractivity contribution in [3.8, 4) is 0 Å². The van der Waals surface area contributed by atoms with Gasteiger partial charge in [-0.2, -0.15) is 4.31 Å². The summed E-state index contributed by atoms with van der Waals surface area (Å²) in [5, 5.41) is 0. The molecule has 98 valence electrons. The standard InChI is InChI=1S/C12H16N2O3S/c13-9-1-5-12(6-2-9)18(15,16)14-7-10-3-4-11(8-14)17-10/h1-2,5-6,10-11H,3-4,7-8,13H2. The molecule has 5 nitrogen and oxygen atoms in total. The van der Waals surface area contributed by atoms with Crippen LogP contribution in [0.25, 0.3) is 0 Å². The van der Waals surface area contributed by atoms with E-state index < -0.39 is 10.0 Å². The fourth-order valence-electron chi connectivity index (χ4n) is 2.56. The van der Waals surface area contributed by atoms with E-state index in [4.69, 9.17) is 10.5 Å². The minimum absolute atomic E-state index is 0.0623. The maximum Gasteiger partial charge on any atom is 0.243 e. The minimum atomic E-state index is -3.41. The van der Waals surface area contributed by atoms with E-state index in [9.17, 15) is 8.42 Å². The van der Waals surface area contributed by atoms with Crippen molar-refractivity contribution < 1.29 is 13.2 Å². The topological polar surface area (TPSA) is 72.6 Å². The predicted molar refractivity (Wildman–Crippen MR) is 67.5 cm³/mol. The maximum atomic E-state index is 12.4. The van der Waals surface area contributed by atoms with Crippen LogP contribution in [0.3, 0.4) is 0 Å². The van der Waals surface area contributed by atoms with Crippen molar-refractivity contribution in [2.45, 2.75) is 29.9 Å². The van der Waals surface area contributed by atoms with E-state index in [2.05, 4.69) is 0 Å². The molecule has 3 rings (SSSR count). The van der Waals surface area contributed by atoms with E-state index in [1.54, 1.807) is 24.3 Å². The van der Waals surface area contributed by atoms with Crippen molar-refractivity contribution >= 4 is 15.7 Å². The third-order valence-electron chi connectivity index (χ3n) is 3.53. The van der Waals surface area contributed by atoms with Gasteiger partial charge in [-0.15, -0.1) is 0 Å². The van der Waals surface area contributed by atoms with Gasteiger partial charge in [-0.1, -0.05) is 0 Å². The Morgan fingerprint density at radius 2 is 1.67 bits per heavy atom. The van der Waals surface area contributed by atoms with Crippen molar-refractivity contribution in [1.82, 2.24) is 4.31 Å². The Morgan fingerprint density at radius 3 is 2.22 bits per heavy atom. The van der Waals surface area contributed by atoms with Gasteiger partial charge in [0, 0.05) is 18.8 Å². The normalized spacial score (nSPS) is 28.4. The summed E-state index contributed by atoms with van der Waals surface area (Å²) in [6.45, 7) is 0.923. The molecule has 1 aromatic rings. The highest BCUT2D eigenvalue weighted by molar-refractivity contribution is 7.89. The SMILES string of the molecule is Nc1ccc(S(=O)(=O)N2CC3CCC(C2)O3)cc1. The van der Waals surface area contributed by atoms with Gasteiger partial charge in [0.25, 0.3) is 0 Å². The molecule has 2 unspecified atom stereocenters. The first-order valence-electron chi connectivity index (χ1n) is 6.07. The van der Waals surface area contributed by atoms with Crippen LogP contribution in [0.2, 0.25) is 0 Å². The van der Waals surface area contributed by atoms with Crippen LogP contribution >= 0.6 is 0 Å². The number of hydrogen-bond acceptors (Lipinski definition) is 4. The lowest BCUT2D eigenvalue weighted by molar-refractivity contribution is -0.0114. The zero-order valence-corrected chi connectivity index (χ0v) is 10.8. The number of morpholine rings is 1. The first-order chi connectivity index (χ1) is 8.55. The van der Waals surface area contributed by atoms with Gasteiger partial charge in [0.1, 0.15) is 0 Å². The minimum Gasteiger partial charge on any atom is -0.399 e. The van der Waals surface area contributed by atoms with Crippen LogP contribution in [0.4, 0.5) is 5.69 Å². The molecule has 2 aliphatic heterocycles. The zero-order chi connectivity index (χ0) is 12.8. The number of sulfonamides is 1. The average molecular weight is 268 g/mol. The van der Waals surface area contributed by atoms with Gasteiger partial charge in [0.05, 0.1) is 17.1 Å². The highest BCUT2D eigenvalue weighted by Gasteiger charge is 2.39. The average Bonchev–Trinajstić information content (AvgIpc) is 2.68. The summed E-state index contributed by atoms with van der Waals surface area (Å²) in [5.41, 5.74) is 6.14. The largest absolute Gasteiger partial charge is 0.399 e. The van der Waals surface area contributed by atoms with Crippen LogP contribution in [0.15, 0.2) is 29.2 Å². The van der Waals surface area contributed by atoms with Crippen LogP contribution in [0.1, 0.15) is 12.8 Å². The first-order valence-corrected chi connectivity index (χ1v) is 7.51. The molecular weight excluding hydrogens is 252 g/mol. The predicted octanol–water partition coefficient (Wildman–Crippen LogP) is 0.821. The van der Waals surface area contributed by atoms with Crippen molar-refractivity contribution in [3.63, 3.8) is 0 Å². The Labute approximate surface area is 107 Å². The highest BCUT2D eigenvalue weighted by atomic mass is 32.2. The number of rotatable bonds is 2. The van der Waals surface area contributed by atoms with Gasteiger partial charge in [-0.3, -0.25) is 0 Å². The fraction of sp³-hybridized carbons (Fsp3) is 0.500. The second-order valence-electron chi connectivity index (χ2n) is 4.85. The highest BCUT2D eigenvalue weighted by Crippen LogP contribution is 2.29.